The third-order valence-corrected chi connectivity index (χ3v) is 3.23. The minimum Gasteiger partial charge on any atom is -0.197 e. The van der Waals surface area contributed by atoms with Gasteiger partial charge in [0.05, 0.1) is 11.5 Å². The Hall–Kier alpha value is -1.00. The van der Waals surface area contributed by atoms with Crippen LogP contribution in [-0.2, 0) is 5.41 Å². The Morgan fingerprint density at radius 1 is 1.36 bits per heavy atom. The lowest BCUT2D eigenvalue weighted by atomic mass is 9.65. The van der Waals surface area contributed by atoms with E-state index in [1.54, 1.807) is 0 Å². The molecule has 2 heteroatoms. The number of aryl methyl sites for hydroxylation is 1. The van der Waals surface area contributed by atoms with Crippen molar-refractivity contribution in [1.29, 1.82) is 5.26 Å². The average molecular weight is 206 g/mol. The van der Waals surface area contributed by atoms with Gasteiger partial charge in [-0.25, -0.2) is 0 Å². The van der Waals surface area contributed by atoms with Crippen LogP contribution in [0.4, 0.5) is 0 Å². The third kappa shape index (κ3) is 1.40. The van der Waals surface area contributed by atoms with E-state index in [1.165, 1.54) is 0 Å². The van der Waals surface area contributed by atoms with Crippen LogP contribution in [0.3, 0.4) is 0 Å². The quantitative estimate of drug-likeness (QED) is 0.688. The minimum atomic E-state index is -0.240. The number of benzene rings is 1. The first-order valence-corrected chi connectivity index (χ1v) is 5.23. The van der Waals surface area contributed by atoms with Gasteiger partial charge in [-0.15, -0.1) is 0 Å². The fourth-order valence-electron chi connectivity index (χ4n) is 2.01. The summed E-state index contributed by atoms with van der Waals surface area (Å²) < 4.78 is 0. The van der Waals surface area contributed by atoms with Crippen LogP contribution in [0.2, 0.25) is 5.02 Å². The lowest BCUT2D eigenvalue weighted by molar-refractivity contribution is 0.324. The molecule has 0 amide bonds. The van der Waals surface area contributed by atoms with Gasteiger partial charge in [0.1, 0.15) is 0 Å². The first-order chi connectivity index (χ1) is 6.66. The van der Waals surface area contributed by atoms with Crippen molar-refractivity contribution in [2.45, 2.75) is 31.6 Å². The Morgan fingerprint density at radius 3 is 2.50 bits per heavy atom. The van der Waals surface area contributed by atoms with Gasteiger partial charge in [-0.2, -0.15) is 5.26 Å². The van der Waals surface area contributed by atoms with Crippen LogP contribution in [-0.4, -0.2) is 0 Å². The van der Waals surface area contributed by atoms with Gasteiger partial charge in [0.15, 0.2) is 0 Å². The molecule has 1 aromatic carbocycles. The Labute approximate surface area is 89.3 Å². The molecule has 0 radical (unpaired) electrons. The van der Waals surface area contributed by atoms with Crippen LogP contribution < -0.4 is 0 Å². The van der Waals surface area contributed by atoms with Crippen molar-refractivity contribution in [2.24, 2.45) is 0 Å². The number of hydrogen-bond donors (Lipinski definition) is 0. The molecule has 72 valence electrons. The van der Waals surface area contributed by atoms with Crippen molar-refractivity contribution in [3.8, 4) is 6.07 Å². The summed E-state index contributed by atoms with van der Waals surface area (Å²) in [6.45, 7) is 2.01. The predicted molar refractivity (Wildman–Crippen MR) is 57.3 cm³/mol. The fraction of sp³-hybridized carbons (Fsp3) is 0.417. The summed E-state index contributed by atoms with van der Waals surface area (Å²) in [5, 5.41) is 9.92. The molecule has 1 fully saturated rings. The first-order valence-electron chi connectivity index (χ1n) is 4.85. The Balaban J connectivity index is 2.46. The van der Waals surface area contributed by atoms with Gasteiger partial charge in [0, 0.05) is 5.02 Å². The van der Waals surface area contributed by atoms with Gasteiger partial charge < -0.3 is 0 Å². The summed E-state index contributed by atoms with van der Waals surface area (Å²) in [4.78, 5) is 0. The number of hydrogen-bond acceptors (Lipinski definition) is 1. The average Bonchev–Trinajstić information content (AvgIpc) is 2.01. The van der Waals surface area contributed by atoms with Crippen molar-refractivity contribution in [3.63, 3.8) is 0 Å². The number of nitriles is 1. The lowest BCUT2D eigenvalue weighted by Crippen LogP contribution is -2.32. The molecule has 0 spiro atoms. The standard InChI is InChI=1S/C12H12ClN/c1-9-5-10(7-11(13)6-9)12(8-14)3-2-4-12/h5-7H,2-4H2,1H3. The first kappa shape index (κ1) is 9.55. The normalized spacial score (nSPS) is 18.4. The fourth-order valence-corrected chi connectivity index (χ4v) is 2.30. The zero-order chi connectivity index (χ0) is 10.2. The van der Waals surface area contributed by atoms with Crippen LogP contribution >= 0.6 is 11.6 Å². The van der Waals surface area contributed by atoms with Gasteiger partial charge in [-0.3, -0.25) is 0 Å². The molecule has 2 rings (SSSR count). The van der Waals surface area contributed by atoms with E-state index in [-0.39, 0.29) is 5.41 Å². The molecule has 0 unspecified atom stereocenters. The van der Waals surface area contributed by atoms with Gasteiger partial charge in [0.25, 0.3) is 0 Å². The molecule has 1 aliphatic carbocycles. The van der Waals surface area contributed by atoms with Crippen LogP contribution in [0.1, 0.15) is 30.4 Å². The summed E-state index contributed by atoms with van der Waals surface area (Å²) in [5.41, 5.74) is 1.99. The summed E-state index contributed by atoms with van der Waals surface area (Å²) in [5.74, 6) is 0. The molecule has 0 aliphatic heterocycles. The summed E-state index contributed by atoms with van der Waals surface area (Å²) >= 11 is 5.98. The van der Waals surface area contributed by atoms with Crippen molar-refractivity contribution in [3.05, 3.63) is 34.3 Å². The van der Waals surface area contributed by atoms with Crippen molar-refractivity contribution in [1.82, 2.24) is 0 Å². The zero-order valence-electron chi connectivity index (χ0n) is 8.18. The second kappa shape index (κ2) is 3.29. The zero-order valence-corrected chi connectivity index (χ0v) is 8.93. The summed E-state index contributed by atoms with van der Waals surface area (Å²) in [6, 6.07) is 8.36. The molecule has 1 nitrogen and oxygen atoms in total. The highest BCUT2D eigenvalue weighted by Gasteiger charge is 2.39. The van der Waals surface area contributed by atoms with Gasteiger partial charge >= 0.3 is 0 Å². The molecule has 0 aromatic heterocycles. The molecule has 0 atom stereocenters. The molecule has 1 saturated carbocycles. The highest BCUT2D eigenvalue weighted by molar-refractivity contribution is 6.30. The Kier molecular flexibility index (Phi) is 2.25. The smallest absolute Gasteiger partial charge is 0.0823 e. The van der Waals surface area contributed by atoms with Crippen molar-refractivity contribution < 1.29 is 0 Å². The largest absolute Gasteiger partial charge is 0.197 e. The Bertz CT molecular complexity index is 379. The molecular weight excluding hydrogens is 194 g/mol. The predicted octanol–water partition coefficient (Wildman–Crippen LogP) is 3.59. The van der Waals surface area contributed by atoms with E-state index in [9.17, 15) is 5.26 Å². The van der Waals surface area contributed by atoms with Crippen molar-refractivity contribution >= 4 is 11.6 Å². The van der Waals surface area contributed by atoms with E-state index in [2.05, 4.69) is 12.1 Å². The van der Waals surface area contributed by atoms with E-state index in [4.69, 9.17) is 11.6 Å². The van der Waals surface area contributed by atoms with E-state index in [0.717, 1.165) is 35.4 Å². The van der Waals surface area contributed by atoms with E-state index in [0.29, 0.717) is 0 Å². The van der Waals surface area contributed by atoms with Crippen LogP contribution in [0.25, 0.3) is 0 Å². The highest BCUT2D eigenvalue weighted by Crippen LogP contribution is 2.43. The highest BCUT2D eigenvalue weighted by atomic mass is 35.5. The maximum absolute atomic E-state index is 9.18. The molecule has 0 saturated heterocycles. The SMILES string of the molecule is Cc1cc(Cl)cc(C2(C#N)CCC2)c1. The molecule has 0 N–H and O–H groups in total. The monoisotopic (exact) mass is 205 g/mol. The molecule has 0 bridgehead atoms. The van der Waals surface area contributed by atoms with Gasteiger partial charge in [0.2, 0.25) is 0 Å². The minimum absolute atomic E-state index is 0.240. The molecule has 1 aromatic rings. The number of rotatable bonds is 1. The summed E-state index contributed by atoms with van der Waals surface area (Å²) in [7, 11) is 0. The molecule has 0 heterocycles. The number of halogens is 1. The molecule has 14 heavy (non-hydrogen) atoms. The van der Waals surface area contributed by atoms with Crippen molar-refractivity contribution in [2.75, 3.05) is 0 Å². The van der Waals surface area contributed by atoms with E-state index >= 15 is 0 Å². The maximum atomic E-state index is 9.18. The van der Waals surface area contributed by atoms with Crippen LogP contribution in [0, 0.1) is 18.3 Å². The molecular formula is C12H12ClN. The van der Waals surface area contributed by atoms with Gasteiger partial charge in [-0.05, 0) is 49.4 Å². The van der Waals surface area contributed by atoms with E-state index in [1.807, 2.05) is 19.1 Å². The molecule has 1 aliphatic rings. The second-order valence-corrected chi connectivity index (χ2v) is 4.50. The van der Waals surface area contributed by atoms with Crippen LogP contribution in [0.15, 0.2) is 18.2 Å². The lowest BCUT2D eigenvalue weighted by Gasteiger charge is -2.35. The van der Waals surface area contributed by atoms with Crippen LogP contribution in [0.5, 0.6) is 0 Å². The Morgan fingerprint density at radius 2 is 2.07 bits per heavy atom. The van der Waals surface area contributed by atoms with Gasteiger partial charge in [-0.1, -0.05) is 17.7 Å². The topological polar surface area (TPSA) is 23.8 Å². The number of nitrogens with zero attached hydrogens (tertiary/aromatic N) is 1. The third-order valence-electron chi connectivity index (χ3n) is 3.02. The second-order valence-electron chi connectivity index (χ2n) is 4.06. The van der Waals surface area contributed by atoms with E-state index < -0.39 is 0 Å². The summed E-state index contributed by atoms with van der Waals surface area (Å²) in [6.07, 6.45) is 3.10. The maximum Gasteiger partial charge on any atom is 0.0823 e.